The molecule has 9 rings (SSSR count). The number of hydrogen-bond donors (Lipinski definition) is 0. The van der Waals surface area contributed by atoms with Crippen molar-refractivity contribution in [3.63, 3.8) is 0 Å². The van der Waals surface area contributed by atoms with E-state index >= 15 is 0 Å². The molecule has 46 heavy (non-hydrogen) atoms. The molecule has 2 heteroatoms. The van der Waals surface area contributed by atoms with Crippen molar-refractivity contribution in [2.75, 3.05) is 4.90 Å². The Bertz CT molecular complexity index is 2500. The first-order valence-electron chi connectivity index (χ1n) is 15.7. The van der Waals surface area contributed by atoms with Crippen LogP contribution in [0.25, 0.3) is 65.7 Å². The molecular weight excluding hydrogens is 558 g/mol. The fourth-order valence-corrected chi connectivity index (χ4v) is 6.85. The lowest BCUT2D eigenvalue weighted by Gasteiger charge is -2.27. The summed E-state index contributed by atoms with van der Waals surface area (Å²) < 4.78 is 6.46. The minimum Gasteiger partial charge on any atom is -0.455 e. The minimum absolute atomic E-state index is 0.910. The normalized spacial score (nSPS) is 11.5. The van der Waals surface area contributed by atoms with Gasteiger partial charge in [-0.25, -0.2) is 0 Å². The number of para-hydroxylation sites is 1. The highest BCUT2D eigenvalue weighted by Gasteiger charge is 2.18. The molecule has 216 valence electrons. The number of benzene rings is 8. The maximum Gasteiger partial charge on any atom is 0.143 e. The van der Waals surface area contributed by atoms with E-state index in [4.69, 9.17) is 4.42 Å². The molecular formula is C44H29NO. The first-order chi connectivity index (χ1) is 22.8. The first kappa shape index (κ1) is 26.3. The van der Waals surface area contributed by atoms with Gasteiger partial charge in [0.05, 0.1) is 5.69 Å². The quantitative estimate of drug-likeness (QED) is 0.199. The second kappa shape index (κ2) is 10.8. The van der Waals surface area contributed by atoms with Crippen molar-refractivity contribution in [3.8, 4) is 22.3 Å². The second-order valence-corrected chi connectivity index (χ2v) is 11.7. The third-order valence-electron chi connectivity index (χ3n) is 9.08. The van der Waals surface area contributed by atoms with Crippen molar-refractivity contribution in [1.82, 2.24) is 0 Å². The van der Waals surface area contributed by atoms with E-state index < -0.39 is 0 Å². The van der Waals surface area contributed by atoms with Gasteiger partial charge in [-0.2, -0.15) is 0 Å². The topological polar surface area (TPSA) is 16.4 Å². The Balaban J connectivity index is 1.22. The van der Waals surface area contributed by atoms with Crippen LogP contribution in [-0.2, 0) is 0 Å². The maximum absolute atomic E-state index is 6.46. The van der Waals surface area contributed by atoms with Crippen LogP contribution in [0.15, 0.2) is 180 Å². The van der Waals surface area contributed by atoms with Crippen LogP contribution in [0.5, 0.6) is 0 Å². The molecule has 1 aromatic heterocycles. The van der Waals surface area contributed by atoms with Crippen molar-refractivity contribution in [3.05, 3.63) is 176 Å². The highest BCUT2D eigenvalue weighted by molar-refractivity contribution is 6.17. The fraction of sp³-hybridized carbons (Fsp3) is 0. The molecule has 0 radical (unpaired) electrons. The smallest absolute Gasteiger partial charge is 0.143 e. The number of rotatable bonds is 5. The van der Waals surface area contributed by atoms with Crippen LogP contribution in [0.1, 0.15) is 0 Å². The fourth-order valence-electron chi connectivity index (χ4n) is 6.85. The third kappa shape index (κ3) is 4.35. The Morgan fingerprint density at radius 2 is 0.913 bits per heavy atom. The summed E-state index contributed by atoms with van der Waals surface area (Å²) in [5.41, 5.74) is 9.95. The number of fused-ring (bicyclic) bond motifs is 6. The van der Waals surface area contributed by atoms with Crippen molar-refractivity contribution in [1.29, 1.82) is 0 Å². The molecule has 0 aliphatic carbocycles. The molecule has 0 amide bonds. The molecule has 8 aromatic carbocycles. The molecule has 0 bridgehead atoms. The average molecular weight is 588 g/mol. The molecule has 9 aromatic rings. The summed E-state index contributed by atoms with van der Waals surface area (Å²) >= 11 is 0. The average Bonchev–Trinajstić information content (AvgIpc) is 3.52. The van der Waals surface area contributed by atoms with Crippen LogP contribution in [0.4, 0.5) is 17.1 Å². The van der Waals surface area contributed by atoms with E-state index in [0.29, 0.717) is 0 Å². The van der Waals surface area contributed by atoms with E-state index in [1.165, 1.54) is 33.0 Å². The summed E-state index contributed by atoms with van der Waals surface area (Å²) in [6.45, 7) is 0. The van der Waals surface area contributed by atoms with Crippen molar-refractivity contribution < 1.29 is 4.42 Å². The summed E-state index contributed by atoms with van der Waals surface area (Å²) in [6.07, 6.45) is 0. The number of anilines is 3. The maximum atomic E-state index is 6.46. The van der Waals surface area contributed by atoms with Gasteiger partial charge in [0, 0.05) is 32.9 Å². The molecule has 0 saturated heterocycles. The van der Waals surface area contributed by atoms with Gasteiger partial charge in [-0.15, -0.1) is 0 Å². The van der Waals surface area contributed by atoms with E-state index in [1.807, 2.05) is 12.1 Å². The predicted molar refractivity (Wildman–Crippen MR) is 194 cm³/mol. The standard InChI is InChI=1S/C44H29NO/c1-2-10-30(11-3-1)31-20-24-34(25-21-31)45(35-26-22-33(23-27-35)37-16-8-13-32-12-4-5-14-36(32)37)42-18-9-17-40-38(42)28-29-41-39-15-6-7-19-43(39)46-44(40)41/h1-29H. The van der Waals surface area contributed by atoms with E-state index in [-0.39, 0.29) is 0 Å². The molecule has 0 unspecified atom stereocenters. The van der Waals surface area contributed by atoms with E-state index in [9.17, 15) is 0 Å². The molecule has 0 aliphatic heterocycles. The van der Waals surface area contributed by atoms with Crippen LogP contribution in [0.3, 0.4) is 0 Å². The summed E-state index contributed by atoms with van der Waals surface area (Å²) in [5.74, 6) is 0. The van der Waals surface area contributed by atoms with Crippen LogP contribution >= 0.6 is 0 Å². The van der Waals surface area contributed by atoms with Gasteiger partial charge in [-0.3, -0.25) is 0 Å². The highest BCUT2D eigenvalue weighted by atomic mass is 16.3. The molecule has 0 N–H and O–H groups in total. The predicted octanol–water partition coefficient (Wildman–Crippen LogP) is 12.7. The van der Waals surface area contributed by atoms with E-state index in [2.05, 4.69) is 169 Å². The lowest BCUT2D eigenvalue weighted by molar-refractivity contribution is 0.672. The lowest BCUT2D eigenvalue weighted by Crippen LogP contribution is -2.10. The van der Waals surface area contributed by atoms with E-state index in [0.717, 1.165) is 49.8 Å². The summed E-state index contributed by atoms with van der Waals surface area (Å²) in [6, 6.07) is 62.7. The summed E-state index contributed by atoms with van der Waals surface area (Å²) in [4.78, 5) is 2.36. The number of hydrogen-bond acceptors (Lipinski definition) is 2. The van der Waals surface area contributed by atoms with Gasteiger partial charge in [-0.1, -0.05) is 133 Å². The van der Waals surface area contributed by atoms with Crippen LogP contribution in [-0.4, -0.2) is 0 Å². The Morgan fingerprint density at radius 1 is 0.348 bits per heavy atom. The highest BCUT2D eigenvalue weighted by Crippen LogP contribution is 2.43. The Morgan fingerprint density at radius 3 is 1.72 bits per heavy atom. The molecule has 0 aliphatic rings. The third-order valence-corrected chi connectivity index (χ3v) is 9.08. The van der Waals surface area contributed by atoms with Gasteiger partial charge in [0.15, 0.2) is 0 Å². The summed E-state index contributed by atoms with van der Waals surface area (Å²) in [7, 11) is 0. The Kier molecular flexibility index (Phi) is 6.17. The number of furan rings is 1. The SMILES string of the molecule is c1ccc(-c2ccc(N(c3ccc(-c4cccc5ccccc45)cc3)c3cccc4c3ccc3c5ccccc5oc43)cc2)cc1. The molecule has 0 atom stereocenters. The molecule has 0 saturated carbocycles. The Hall–Kier alpha value is -6.12. The monoisotopic (exact) mass is 587 g/mol. The molecule has 1 heterocycles. The molecule has 0 spiro atoms. The first-order valence-corrected chi connectivity index (χ1v) is 15.7. The van der Waals surface area contributed by atoms with Crippen LogP contribution < -0.4 is 4.90 Å². The van der Waals surface area contributed by atoms with Crippen LogP contribution in [0.2, 0.25) is 0 Å². The molecule has 2 nitrogen and oxygen atoms in total. The Labute approximate surface area is 267 Å². The van der Waals surface area contributed by atoms with Gasteiger partial charge >= 0.3 is 0 Å². The van der Waals surface area contributed by atoms with Gasteiger partial charge < -0.3 is 9.32 Å². The van der Waals surface area contributed by atoms with Gasteiger partial charge in [-0.05, 0) is 75.5 Å². The largest absolute Gasteiger partial charge is 0.455 e. The second-order valence-electron chi connectivity index (χ2n) is 11.7. The zero-order chi connectivity index (χ0) is 30.5. The zero-order valence-corrected chi connectivity index (χ0v) is 25.1. The molecule has 0 fully saturated rings. The minimum atomic E-state index is 0.910. The van der Waals surface area contributed by atoms with Gasteiger partial charge in [0.2, 0.25) is 0 Å². The summed E-state index contributed by atoms with van der Waals surface area (Å²) in [5, 5.41) is 7.02. The van der Waals surface area contributed by atoms with Gasteiger partial charge in [0.25, 0.3) is 0 Å². The lowest BCUT2D eigenvalue weighted by atomic mass is 9.97. The van der Waals surface area contributed by atoms with Crippen molar-refractivity contribution >= 4 is 60.5 Å². The van der Waals surface area contributed by atoms with Gasteiger partial charge in [0.1, 0.15) is 11.2 Å². The van der Waals surface area contributed by atoms with Crippen molar-refractivity contribution in [2.24, 2.45) is 0 Å². The number of nitrogens with zero attached hydrogens (tertiary/aromatic N) is 1. The van der Waals surface area contributed by atoms with Crippen LogP contribution in [0, 0.1) is 0 Å². The van der Waals surface area contributed by atoms with E-state index in [1.54, 1.807) is 0 Å². The van der Waals surface area contributed by atoms with Crippen molar-refractivity contribution in [2.45, 2.75) is 0 Å². The zero-order valence-electron chi connectivity index (χ0n) is 25.1.